The summed E-state index contributed by atoms with van der Waals surface area (Å²) in [5.74, 6) is -11.0. The van der Waals surface area contributed by atoms with E-state index in [1.165, 1.54) is 48.5 Å². The van der Waals surface area contributed by atoms with Gasteiger partial charge < -0.3 is 92.9 Å². The number of rotatable bonds is 8. The quantitative estimate of drug-likeness (QED) is 0.0942. The maximum atomic E-state index is 10.3. The standard InChI is InChI=1S/4C7H5NO4.2Mn.6H2O/c4*9-6(10)4-2-1-3-5(8-4)7(11)12;;;;;;;;/h4*1-3H,(H,9,10)(H,11,12);;;6*1H2/q;;;;2*+2;;;;;;. The molecule has 28 heteroatoms. The van der Waals surface area contributed by atoms with Crippen molar-refractivity contribution in [1.82, 2.24) is 19.9 Å². The van der Waals surface area contributed by atoms with Crippen molar-refractivity contribution in [2.75, 3.05) is 0 Å². The minimum atomic E-state index is -1.52. The Morgan fingerprint density at radius 2 is 0.464 bits per heavy atom. The molecule has 0 saturated heterocycles. The van der Waals surface area contributed by atoms with E-state index in [1.807, 2.05) is 0 Å². The third-order valence-corrected chi connectivity index (χ3v) is 4.71. The number of carboxylic acid groups (broad SMARTS) is 8. The van der Waals surface area contributed by atoms with Crippen molar-refractivity contribution in [2.24, 2.45) is 0 Å². The zero-order valence-electron chi connectivity index (χ0n) is 27.5. The second-order valence-electron chi connectivity index (χ2n) is 8.00. The average Bonchev–Trinajstić information content (AvgIpc) is 3.05. The first kappa shape index (κ1) is 67.3. The second kappa shape index (κ2) is 32.8. The first-order valence-corrected chi connectivity index (χ1v) is 12.1. The molecule has 0 saturated carbocycles. The van der Waals surface area contributed by atoms with Gasteiger partial charge in [0.25, 0.3) is 0 Å². The monoisotopic (exact) mass is 886 g/mol. The number of nitrogens with zero attached hydrogens (tertiary/aromatic N) is 4. The molecule has 56 heavy (non-hydrogen) atoms. The Balaban J connectivity index is -0.0000000873. The summed E-state index contributed by atoms with van der Waals surface area (Å²) in [4.78, 5) is 95.3. The number of carbonyl (C=O) groups is 8. The largest absolute Gasteiger partial charge is 2.00 e. The van der Waals surface area contributed by atoms with Gasteiger partial charge >= 0.3 is 58.0 Å². The number of carboxylic acids is 8. The molecule has 0 atom stereocenters. The van der Waals surface area contributed by atoms with Gasteiger partial charge in [0.1, 0.15) is 22.8 Å². The third-order valence-electron chi connectivity index (χ3n) is 4.71. The van der Waals surface area contributed by atoms with Crippen LogP contribution in [0.1, 0.15) is 83.9 Å². The molecule has 0 unspecified atom stereocenters. The normalized spacial score (nSPS) is 8.00. The molecule has 0 aliphatic carbocycles. The van der Waals surface area contributed by atoms with Gasteiger partial charge in [-0.2, -0.15) is 0 Å². The van der Waals surface area contributed by atoms with Crippen LogP contribution in [-0.2, 0) is 56.0 Å². The molecule has 20 N–H and O–H groups in total. The maximum Gasteiger partial charge on any atom is 2.00 e. The van der Waals surface area contributed by atoms with Crippen molar-refractivity contribution in [3.05, 3.63) is 118 Å². The minimum absolute atomic E-state index is 0. The van der Waals surface area contributed by atoms with Gasteiger partial charge in [-0.25, -0.2) is 39.1 Å². The smallest absolute Gasteiger partial charge is 0.543 e. The Bertz CT molecular complexity index is 1510. The number of aromatic carboxylic acids is 8. The Labute approximate surface area is 331 Å². The molecule has 0 aliphatic rings. The van der Waals surface area contributed by atoms with Gasteiger partial charge in [0, 0.05) is 0 Å². The number of aromatic nitrogens is 4. The summed E-state index contributed by atoms with van der Waals surface area (Å²) in [6.45, 7) is 0. The van der Waals surface area contributed by atoms with E-state index in [9.17, 15) is 58.8 Å². The first-order valence-electron chi connectivity index (χ1n) is 12.1. The molecule has 4 heterocycles. The Morgan fingerprint density at radius 1 is 0.339 bits per heavy atom. The topological polar surface area (TPSA) is 556 Å². The molecule has 4 aromatic heterocycles. The van der Waals surface area contributed by atoms with Gasteiger partial charge in [-0.15, -0.1) is 0 Å². The van der Waals surface area contributed by atoms with Crippen LogP contribution in [0.5, 0.6) is 0 Å². The minimum Gasteiger partial charge on any atom is -0.543 e. The fourth-order valence-electron chi connectivity index (χ4n) is 2.67. The van der Waals surface area contributed by atoms with E-state index in [0.29, 0.717) is 0 Å². The number of hydrogen-bond donors (Lipinski definition) is 4. The van der Waals surface area contributed by atoms with Crippen molar-refractivity contribution in [1.29, 1.82) is 0 Å². The molecular formula is C28H32Mn2N4O22+4. The van der Waals surface area contributed by atoms with Crippen LogP contribution in [0.4, 0.5) is 0 Å². The van der Waals surface area contributed by atoms with E-state index in [1.54, 1.807) is 0 Å². The average molecular weight is 886 g/mol. The predicted octanol–water partition coefficient (Wildman–Crippen LogP) is -8.77. The second-order valence-corrected chi connectivity index (χ2v) is 8.00. The molecule has 0 bridgehead atoms. The van der Waals surface area contributed by atoms with Crippen molar-refractivity contribution in [3.8, 4) is 0 Å². The SMILES string of the molecule is O.O.O=C(O)c1cccc(C(=O)O)n1.O=C(O)c1cccc(C(=O)O)n1.O=C([O-])c1cccc(C(=O)[O-])n1.O=C([O-])c1cccc(C(=O)[O-])n1.[Mn+2].[Mn+2].[OH3+].[OH3+].[OH3+].[OH3+]. The molecular weight excluding hydrogens is 854 g/mol. The maximum absolute atomic E-state index is 10.3. The summed E-state index contributed by atoms with van der Waals surface area (Å²) in [6.07, 6.45) is 0. The molecule has 4 aromatic rings. The van der Waals surface area contributed by atoms with Crippen LogP contribution >= 0.6 is 0 Å². The van der Waals surface area contributed by atoms with Crippen molar-refractivity contribution in [2.45, 2.75) is 0 Å². The van der Waals surface area contributed by atoms with E-state index in [4.69, 9.17) is 20.4 Å². The number of hydrogen-bond acceptors (Lipinski definition) is 16. The summed E-state index contributed by atoms with van der Waals surface area (Å²) in [5.41, 5.74) is -2.75. The molecule has 0 fully saturated rings. The van der Waals surface area contributed by atoms with Gasteiger partial charge in [-0.1, -0.05) is 24.3 Å². The van der Waals surface area contributed by atoms with Crippen LogP contribution in [0.25, 0.3) is 0 Å². The summed E-state index contributed by atoms with van der Waals surface area (Å²) in [6, 6.07) is 14.7. The van der Waals surface area contributed by atoms with Crippen LogP contribution in [-0.4, -0.2) is 99.1 Å². The van der Waals surface area contributed by atoms with E-state index in [0.717, 1.165) is 24.3 Å². The molecule has 306 valence electrons. The van der Waals surface area contributed by atoms with E-state index < -0.39 is 70.5 Å². The Hall–Kier alpha value is -6.84. The van der Waals surface area contributed by atoms with Crippen LogP contribution in [0, 0.1) is 0 Å². The summed E-state index contributed by atoms with van der Waals surface area (Å²) >= 11 is 0. The fourth-order valence-corrected chi connectivity index (χ4v) is 2.67. The van der Waals surface area contributed by atoms with Gasteiger partial charge in [0.2, 0.25) is 0 Å². The van der Waals surface area contributed by atoms with Crippen LogP contribution in [0.2, 0.25) is 0 Å². The summed E-state index contributed by atoms with van der Waals surface area (Å²) < 4.78 is 0. The molecule has 0 aliphatic heterocycles. The zero-order chi connectivity index (χ0) is 36.6. The van der Waals surface area contributed by atoms with Gasteiger partial charge in [0.05, 0.1) is 46.7 Å². The van der Waals surface area contributed by atoms with E-state index >= 15 is 0 Å². The third kappa shape index (κ3) is 23.7. The van der Waals surface area contributed by atoms with Crippen LogP contribution in [0.3, 0.4) is 0 Å². The number of pyridine rings is 4. The van der Waals surface area contributed by atoms with Crippen LogP contribution in [0.15, 0.2) is 72.8 Å². The molecule has 0 spiro atoms. The molecule has 26 nitrogen and oxygen atoms in total. The summed E-state index contributed by atoms with van der Waals surface area (Å²) in [5, 5.41) is 74.5. The Morgan fingerprint density at radius 3 is 0.589 bits per heavy atom. The van der Waals surface area contributed by atoms with Crippen molar-refractivity contribution >= 4 is 47.8 Å². The van der Waals surface area contributed by atoms with Crippen LogP contribution < -0.4 is 20.4 Å². The van der Waals surface area contributed by atoms with E-state index in [2.05, 4.69) is 19.9 Å². The first-order chi connectivity index (χ1) is 22.4. The molecule has 4 rings (SSSR count). The predicted molar refractivity (Wildman–Crippen MR) is 169 cm³/mol. The number of carbonyl (C=O) groups excluding carboxylic acids is 4. The molecule has 2 radical (unpaired) electrons. The molecule has 0 amide bonds. The fraction of sp³-hybridized carbons (Fsp3) is 0. The summed E-state index contributed by atoms with van der Waals surface area (Å²) in [7, 11) is 0. The van der Waals surface area contributed by atoms with Gasteiger partial charge in [-0.05, 0) is 48.5 Å². The molecule has 0 aromatic carbocycles. The van der Waals surface area contributed by atoms with E-state index in [-0.39, 0.29) is 89.8 Å². The van der Waals surface area contributed by atoms with Gasteiger partial charge in [-0.3, -0.25) is 0 Å². The van der Waals surface area contributed by atoms with Crippen molar-refractivity contribution in [3.63, 3.8) is 0 Å². The zero-order valence-corrected chi connectivity index (χ0v) is 29.8. The van der Waals surface area contributed by atoms with Gasteiger partial charge in [0.15, 0.2) is 0 Å². The van der Waals surface area contributed by atoms with Crippen molar-refractivity contribution < 1.29 is 146 Å². The Kier molecular flexibility index (Phi) is 39.4.